The summed E-state index contributed by atoms with van der Waals surface area (Å²) in [6.07, 6.45) is 5.87. The molecule has 0 amide bonds. The van der Waals surface area contributed by atoms with Crippen molar-refractivity contribution in [3.63, 3.8) is 0 Å². The number of nitrogens with one attached hydrogen (secondary N) is 1. The molecule has 0 bridgehead atoms. The number of nitrogens with zero attached hydrogens (tertiary/aromatic N) is 1. The average molecular weight is 138 g/mol. The van der Waals surface area contributed by atoms with Crippen LogP contribution in [0, 0.1) is 5.41 Å². The molecule has 0 aromatic rings. The Balaban J connectivity index is 2.11. The summed E-state index contributed by atoms with van der Waals surface area (Å²) in [4.78, 5) is 2.27. The third-order valence-corrected chi connectivity index (χ3v) is 2.52. The van der Waals surface area contributed by atoms with Crippen molar-refractivity contribution in [2.45, 2.75) is 6.42 Å². The molecule has 2 rings (SSSR count). The highest BCUT2D eigenvalue weighted by Crippen LogP contribution is 2.31. The van der Waals surface area contributed by atoms with Crippen molar-refractivity contribution in [3.05, 3.63) is 12.3 Å². The molecule has 2 aliphatic heterocycles. The summed E-state index contributed by atoms with van der Waals surface area (Å²) in [5.74, 6) is 0. The van der Waals surface area contributed by atoms with Gasteiger partial charge in [0.1, 0.15) is 0 Å². The first-order chi connectivity index (χ1) is 4.81. The Kier molecular flexibility index (Phi) is 1.24. The first kappa shape index (κ1) is 6.23. The molecule has 2 heteroatoms. The van der Waals surface area contributed by atoms with E-state index in [4.69, 9.17) is 0 Å². The predicted octanol–water partition coefficient (Wildman–Crippen LogP) is 0.425. The van der Waals surface area contributed by atoms with Crippen LogP contribution in [0.5, 0.6) is 0 Å². The standard InChI is InChI=1S/C8H14N2/c1-10-5-3-8(7-10)2-4-9-6-8/h3,5,9H,2,4,6-7H2,1H3. The van der Waals surface area contributed by atoms with Crippen molar-refractivity contribution < 1.29 is 0 Å². The van der Waals surface area contributed by atoms with Crippen molar-refractivity contribution in [3.8, 4) is 0 Å². The Morgan fingerprint density at radius 2 is 2.50 bits per heavy atom. The Bertz CT molecular complexity index is 157. The number of hydrogen-bond acceptors (Lipinski definition) is 2. The fraction of sp³-hybridized carbons (Fsp3) is 0.750. The smallest absolute Gasteiger partial charge is 0.0273 e. The second-order valence-electron chi connectivity index (χ2n) is 3.52. The summed E-state index contributed by atoms with van der Waals surface area (Å²) in [5.41, 5.74) is 0.495. The van der Waals surface area contributed by atoms with Crippen molar-refractivity contribution in [1.82, 2.24) is 10.2 Å². The zero-order valence-corrected chi connectivity index (χ0v) is 6.43. The van der Waals surface area contributed by atoms with Crippen molar-refractivity contribution in [2.24, 2.45) is 5.41 Å². The van der Waals surface area contributed by atoms with Crippen molar-refractivity contribution >= 4 is 0 Å². The van der Waals surface area contributed by atoms with E-state index in [9.17, 15) is 0 Å². The van der Waals surface area contributed by atoms with Gasteiger partial charge in [-0.3, -0.25) is 0 Å². The van der Waals surface area contributed by atoms with Gasteiger partial charge in [0.2, 0.25) is 0 Å². The van der Waals surface area contributed by atoms with Crippen LogP contribution >= 0.6 is 0 Å². The van der Waals surface area contributed by atoms with Crippen LogP contribution in [0.4, 0.5) is 0 Å². The van der Waals surface area contributed by atoms with E-state index in [-0.39, 0.29) is 0 Å². The molecule has 1 saturated heterocycles. The molecule has 10 heavy (non-hydrogen) atoms. The molecule has 1 N–H and O–H groups in total. The van der Waals surface area contributed by atoms with Crippen molar-refractivity contribution in [1.29, 1.82) is 0 Å². The summed E-state index contributed by atoms with van der Waals surface area (Å²) < 4.78 is 0. The van der Waals surface area contributed by atoms with Gasteiger partial charge in [-0.2, -0.15) is 0 Å². The lowest BCUT2D eigenvalue weighted by Crippen LogP contribution is -2.27. The molecule has 2 nitrogen and oxygen atoms in total. The third kappa shape index (κ3) is 0.833. The molecule has 0 aromatic heterocycles. The van der Waals surface area contributed by atoms with Gasteiger partial charge in [-0.25, -0.2) is 0 Å². The molecule has 1 atom stereocenters. The number of rotatable bonds is 0. The largest absolute Gasteiger partial charge is 0.380 e. The van der Waals surface area contributed by atoms with E-state index in [1.54, 1.807) is 0 Å². The van der Waals surface area contributed by atoms with Crippen LogP contribution in [0.15, 0.2) is 12.3 Å². The quantitative estimate of drug-likeness (QED) is 0.522. The maximum Gasteiger partial charge on any atom is 0.0273 e. The first-order valence-electron chi connectivity index (χ1n) is 3.91. The summed E-state index contributed by atoms with van der Waals surface area (Å²) in [5, 5.41) is 3.40. The fourth-order valence-electron chi connectivity index (χ4n) is 1.93. The minimum atomic E-state index is 0.495. The van der Waals surface area contributed by atoms with Crippen molar-refractivity contribution in [2.75, 3.05) is 26.7 Å². The Morgan fingerprint density at radius 3 is 3.00 bits per heavy atom. The molecule has 56 valence electrons. The van der Waals surface area contributed by atoms with E-state index in [2.05, 4.69) is 29.5 Å². The molecular weight excluding hydrogens is 124 g/mol. The molecule has 0 aliphatic carbocycles. The van der Waals surface area contributed by atoms with Gasteiger partial charge in [-0.15, -0.1) is 0 Å². The summed E-state index contributed by atoms with van der Waals surface area (Å²) in [6, 6.07) is 0. The summed E-state index contributed by atoms with van der Waals surface area (Å²) in [6.45, 7) is 3.58. The molecule has 1 spiro atoms. The Hall–Kier alpha value is -0.500. The zero-order valence-electron chi connectivity index (χ0n) is 6.43. The first-order valence-corrected chi connectivity index (χ1v) is 3.91. The van der Waals surface area contributed by atoms with Gasteiger partial charge < -0.3 is 10.2 Å². The highest BCUT2D eigenvalue weighted by atomic mass is 15.1. The minimum Gasteiger partial charge on any atom is -0.380 e. The highest BCUT2D eigenvalue weighted by molar-refractivity contribution is 5.10. The molecule has 0 saturated carbocycles. The van der Waals surface area contributed by atoms with Gasteiger partial charge in [0.15, 0.2) is 0 Å². The van der Waals surface area contributed by atoms with Gasteiger partial charge in [0.05, 0.1) is 0 Å². The van der Waals surface area contributed by atoms with E-state index in [0.717, 1.165) is 0 Å². The molecule has 1 fully saturated rings. The van der Waals surface area contributed by atoms with E-state index in [1.165, 1.54) is 26.1 Å². The topological polar surface area (TPSA) is 15.3 Å². The predicted molar refractivity (Wildman–Crippen MR) is 41.7 cm³/mol. The Morgan fingerprint density at radius 1 is 1.60 bits per heavy atom. The second-order valence-corrected chi connectivity index (χ2v) is 3.52. The number of hydrogen-bond donors (Lipinski definition) is 1. The van der Waals surface area contributed by atoms with Crippen LogP contribution in [0.2, 0.25) is 0 Å². The van der Waals surface area contributed by atoms with Gasteiger partial charge in [-0.05, 0) is 19.2 Å². The van der Waals surface area contributed by atoms with Crippen LogP contribution in [-0.2, 0) is 0 Å². The molecule has 2 heterocycles. The fourth-order valence-corrected chi connectivity index (χ4v) is 1.93. The lowest BCUT2D eigenvalue weighted by molar-refractivity contribution is 0.336. The average Bonchev–Trinajstić information content (AvgIpc) is 2.46. The van der Waals surface area contributed by atoms with Gasteiger partial charge in [0.25, 0.3) is 0 Å². The zero-order chi connectivity index (χ0) is 7.03. The molecular formula is C8H14N2. The highest BCUT2D eigenvalue weighted by Gasteiger charge is 2.34. The molecule has 2 aliphatic rings. The van der Waals surface area contributed by atoms with E-state index >= 15 is 0 Å². The minimum absolute atomic E-state index is 0.495. The summed E-state index contributed by atoms with van der Waals surface area (Å²) in [7, 11) is 2.14. The molecule has 0 aromatic carbocycles. The van der Waals surface area contributed by atoms with E-state index in [0.29, 0.717) is 5.41 Å². The maximum atomic E-state index is 3.40. The third-order valence-electron chi connectivity index (χ3n) is 2.52. The maximum absolute atomic E-state index is 3.40. The lowest BCUT2D eigenvalue weighted by atomic mass is 9.89. The van der Waals surface area contributed by atoms with Crippen LogP contribution in [0.25, 0.3) is 0 Å². The SMILES string of the molecule is CN1C=CC2(CCNC2)C1. The van der Waals surface area contributed by atoms with Gasteiger partial charge >= 0.3 is 0 Å². The van der Waals surface area contributed by atoms with Gasteiger partial charge in [0, 0.05) is 25.6 Å². The lowest BCUT2D eigenvalue weighted by Gasteiger charge is -2.21. The monoisotopic (exact) mass is 138 g/mol. The van der Waals surface area contributed by atoms with E-state index < -0.39 is 0 Å². The van der Waals surface area contributed by atoms with E-state index in [1.807, 2.05) is 0 Å². The normalized spacial score (nSPS) is 38.3. The molecule has 1 unspecified atom stereocenters. The van der Waals surface area contributed by atoms with Crippen LogP contribution in [0.1, 0.15) is 6.42 Å². The van der Waals surface area contributed by atoms with Crippen LogP contribution in [0.3, 0.4) is 0 Å². The second kappa shape index (κ2) is 1.99. The van der Waals surface area contributed by atoms with Gasteiger partial charge in [-0.1, -0.05) is 6.08 Å². The van der Waals surface area contributed by atoms with Crippen LogP contribution in [-0.4, -0.2) is 31.6 Å². The molecule has 0 radical (unpaired) electrons. The van der Waals surface area contributed by atoms with Crippen LogP contribution < -0.4 is 5.32 Å². The summed E-state index contributed by atoms with van der Waals surface area (Å²) >= 11 is 0. The Labute approximate surface area is 61.9 Å².